The van der Waals surface area contributed by atoms with Crippen LogP contribution in [-0.2, 0) is 9.31 Å². The number of rotatable bonds is 3. The van der Waals surface area contributed by atoms with Crippen LogP contribution in [0.4, 0.5) is 0 Å². The maximum absolute atomic E-state index is 5.90. The van der Waals surface area contributed by atoms with Gasteiger partial charge in [-0.3, -0.25) is 0 Å². The third kappa shape index (κ3) is 3.99. The topological polar surface area (TPSA) is 18.5 Å². The largest absolute Gasteiger partial charge is 0.494 e. The molecule has 1 rings (SSSR count). The molecule has 0 saturated carbocycles. The molecular weight excluding hydrogens is 223 g/mol. The second-order valence-electron chi connectivity index (χ2n) is 5.51. The van der Waals surface area contributed by atoms with E-state index in [4.69, 9.17) is 9.31 Å². The smallest absolute Gasteiger partial charge is 0.399 e. The molecule has 18 heavy (non-hydrogen) atoms. The SMILES string of the molecule is C=C(/C=C(\C)CC)B1OC(C)(C)C(C)(C)O1.CC. The van der Waals surface area contributed by atoms with Crippen LogP contribution >= 0.6 is 0 Å². The maximum Gasteiger partial charge on any atom is 0.494 e. The Bertz CT molecular complexity index is 300. The molecule has 0 radical (unpaired) electrons. The van der Waals surface area contributed by atoms with Crippen LogP contribution in [0.1, 0.15) is 61.8 Å². The minimum absolute atomic E-state index is 0.283. The fourth-order valence-corrected chi connectivity index (χ4v) is 1.48. The van der Waals surface area contributed by atoms with E-state index in [0.29, 0.717) is 0 Å². The summed E-state index contributed by atoms with van der Waals surface area (Å²) in [6, 6.07) is 0. The summed E-state index contributed by atoms with van der Waals surface area (Å²) >= 11 is 0. The lowest BCUT2D eigenvalue weighted by Crippen LogP contribution is -2.41. The van der Waals surface area contributed by atoms with Gasteiger partial charge in [-0.25, -0.2) is 0 Å². The standard InChI is InChI=1S/C13H23BO2.C2H6/c1-8-10(2)9-11(3)14-15-12(4,5)13(6,7)16-14;1-2/h9H,3,8H2,1-2,4-7H3;1-2H3/b10-9+;. The minimum atomic E-state index is -0.313. The molecular formula is C15H29BO2. The summed E-state index contributed by atoms with van der Waals surface area (Å²) in [4.78, 5) is 0. The van der Waals surface area contributed by atoms with E-state index < -0.39 is 0 Å². The van der Waals surface area contributed by atoms with Crippen LogP contribution in [0.25, 0.3) is 0 Å². The molecule has 1 saturated heterocycles. The maximum atomic E-state index is 5.90. The molecule has 0 bridgehead atoms. The minimum Gasteiger partial charge on any atom is -0.399 e. The molecule has 0 aliphatic carbocycles. The summed E-state index contributed by atoms with van der Waals surface area (Å²) < 4.78 is 11.8. The molecule has 0 unspecified atom stereocenters. The highest BCUT2D eigenvalue weighted by Crippen LogP contribution is 2.38. The molecule has 1 fully saturated rings. The molecule has 0 N–H and O–H groups in total. The third-order valence-corrected chi connectivity index (χ3v) is 3.55. The molecule has 1 heterocycles. The van der Waals surface area contributed by atoms with E-state index in [1.54, 1.807) is 0 Å². The summed E-state index contributed by atoms with van der Waals surface area (Å²) in [5.41, 5.74) is 1.63. The van der Waals surface area contributed by atoms with Crippen molar-refractivity contribution in [1.82, 2.24) is 0 Å². The highest BCUT2D eigenvalue weighted by atomic mass is 16.7. The summed E-state index contributed by atoms with van der Waals surface area (Å²) in [5.74, 6) is 0. The quantitative estimate of drug-likeness (QED) is 0.541. The lowest BCUT2D eigenvalue weighted by atomic mass is 9.78. The Morgan fingerprint density at radius 3 is 1.83 bits per heavy atom. The lowest BCUT2D eigenvalue weighted by molar-refractivity contribution is 0.00578. The van der Waals surface area contributed by atoms with Crippen LogP contribution in [0.3, 0.4) is 0 Å². The Balaban J connectivity index is 0.00000137. The summed E-state index contributed by atoms with van der Waals surface area (Å²) in [5, 5.41) is 0. The molecule has 3 heteroatoms. The van der Waals surface area contributed by atoms with Crippen molar-refractivity contribution in [3.05, 3.63) is 23.7 Å². The van der Waals surface area contributed by atoms with Crippen molar-refractivity contribution in [2.24, 2.45) is 0 Å². The van der Waals surface area contributed by atoms with Crippen molar-refractivity contribution in [2.45, 2.75) is 73.0 Å². The molecule has 1 aliphatic rings. The Labute approximate surface area is 114 Å². The van der Waals surface area contributed by atoms with Crippen molar-refractivity contribution < 1.29 is 9.31 Å². The van der Waals surface area contributed by atoms with E-state index in [2.05, 4.69) is 54.2 Å². The zero-order valence-corrected chi connectivity index (χ0v) is 13.4. The first-order valence-electron chi connectivity index (χ1n) is 6.91. The Kier molecular flexibility index (Phi) is 6.38. The van der Waals surface area contributed by atoms with Crippen LogP contribution in [0.15, 0.2) is 23.7 Å². The van der Waals surface area contributed by atoms with E-state index in [1.807, 2.05) is 13.8 Å². The van der Waals surface area contributed by atoms with Gasteiger partial charge in [-0.15, -0.1) is 0 Å². The van der Waals surface area contributed by atoms with E-state index in [1.165, 1.54) is 5.57 Å². The first-order valence-corrected chi connectivity index (χ1v) is 6.91. The Morgan fingerprint density at radius 1 is 1.11 bits per heavy atom. The van der Waals surface area contributed by atoms with Gasteiger partial charge in [-0.05, 0) is 46.5 Å². The second-order valence-corrected chi connectivity index (χ2v) is 5.51. The molecule has 0 atom stereocenters. The number of allylic oxidation sites excluding steroid dienone is 3. The van der Waals surface area contributed by atoms with Gasteiger partial charge in [0.05, 0.1) is 11.2 Å². The van der Waals surface area contributed by atoms with Gasteiger partial charge in [-0.2, -0.15) is 0 Å². The fourth-order valence-electron chi connectivity index (χ4n) is 1.48. The zero-order valence-electron chi connectivity index (χ0n) is 13.4. The summed E-state index contributed by atoms with van der Waals surface area (Å²) in [6.07, 6.45) is 3.08. The van der Waals surface area contributed by atoms with E-state index in [-0.39, 0.29) is 18.3 Å². The van der Waals surface area contributed by atoms with Gasteiger partial charge >= 0.3 is 7.12 Å². The van der Waals surface area contributed by atoms with E-state index >= 15 is 0 Å². The number of hydrogen-bond donors (Lipinski definition) is 0. The van der Waals surface area contributed by atoms with Gasteiger partial charge in [0.25, 0.3) is 0 Å². The third-order valence-electron chi connectivity index (χ3n) is 3.55. The second kappa shape index (κ2) is 6.58. The van der Waals surface area contributed by atoms with Crippen molar-refractivity contribution in [3.63, 3.8) is 0 Å². The predicted octanol–water partition coefficient (Wildman–Crippen LogP) is 4.56. The predicted molar refractivity (Wildman–Crippen MR) is 80.6 cm³/mol. The molecule has 0 amide bonds. The summed E-state index contributed by atoms with van der Waals surface area (Å²) in [7, 11) is -0.313. The molecule has 104 valence electrons. The molecule has 2 nitrogen and oxygen atoms in total. The lowest BCUT2D eigenvalue weighted by Gasteiger charge is -2.32. The van der Waals surface area contributed by atoms with Crippen molar-refractivity contribution >= 4 is 7.12 Å². The van der Waals surface area contributed by atoms with E-state index in [0.717, 1.165) is 11.9 Å². The van der Waals surface area contributed by atoms with Gasteiger partial charge in [0.1, 0.15) is 0 Å². The highest BCUT2D eigenvalue weighted by Gasteiger charge is 2.51. The van der Waals surface area contributed by atoms with Gasteiger partial charge in [0, 0.05) is 0 Å². The molecule has 0 aromatic rings. The highest BCUT2D eigenvalue weighted by molar-refractivity contribution is 6.55. The monoisotopic (exact) mass is 252 g/mol. The first-order chi connectivity index (χ1) is 8.19. The van der Waals surface area contributed by atoms with Gasteiger partial charge in [0.15, 0.2) is 0 Å². The van der Waals surface area contributed by atoms with Crippen molar-refractivity contribution in [1.29, 1.82) is 0 Å². The van der Waals surface area contributed by atoms with Gasteiger partial charge < -0.3 is 9.31 Å². The average Bonchev–Trinajstić information content (AvgIpc) is 2.51. The van der Waals surface area contributed by atoms with Crippen LogP contribution in [0.5, 0.6) is 0 Å². The molecule has 0 aromatic carbocycles. The Morgan fingerprint density at radius 2 is 1.50 bits per heavy atom. The van der Waals surface area contributed by atoms with E-state index in [9.17, 15) is 0 Å². The summed E-state index contributed by atoms with van der Waals surface area (Å²) in [6.45, 7) is 20.5. The average molecular weight is 252 g/mol. The molecule has 0 spiro atoms. The fraction of sp³-hybridized carbons (Fsp3) is 0.733. The first kappa shape index (κ1) is 17.5. The van der Waals surface area contributed by atoms with Crippen LogP contribution < -0.4 is 0 Å². The van der Waals surface area contributed by atoms with Crippen LogP contribution in [-0.4, -0.2) is 18.3 Å². The zero-order chi connectivity index (χ0) is 14.6. The molecule has 0 aromatic heterocycles. The van der Waals surface area contributed by atoms with Crippen LogP contribution in [0, 0.1) is 0 Å². The van der Waals surface area contributed by atoms with Crippen LogP contribution in [0.2, 0.25) is 0 Å². The Hall–Kier alpha value is -0.535. The van der Waals surface area contributed by atoms with Gasteiger partial charge in [0.2, 0.25) is 0 Å². The van der Waals surface area contributed by atoms with Gasteiger partial charge in [-0.1, -0.05) is 39.0 Å². The molecule has 1 aliphatic heterocycles. The van der Waals surface area contributed by atoms with Crippen molar-refractivity contribution in [2.75, 3.05) is 0 Å². The number of hydrogen-bond acceptors (Lipinski definition) is 2. The van der Waals surface area contributed by atoms with Crippen molar-refractivity contribution in [3.8, 4) is 0 Å². The normalized spacial score (nSPS) is 21.3.